The molecule has 2 rings (SSSR count). The number of rotatable bonds is 1. The third kappa shape index (κ3) is 0.833. The molecule has 0 amide bonds. The molecular formula is C7H5N3O2. The molecule has 0 saturated heterocycles. The molecule has 0 aromatic heterocycles. The first-order chi connectivity index (χ1) is 5.79. The van der Waals surface area contributed by atoms with Crippen molar-refractivity contribution in [2.75, 3.05) is 0 Å². The summed E-state index contributed by atoms with van der Waals surface area (Å²) in [5.74, 6) is -0.986. The molecule has 0 radical (unpaired) electrons. The summed E-state index contributed by atoms with van der Waals surface area (Å²) < 4.78 is 0. The third-order valence-electron chi connectivity index (χ3n) is 1.57. The van der Waals surface area contributed by atoms with Gasteiger partial charge in [-0.05, 0) is 0 Å². The summed E-state index contributed by atoms with van der Waals surface area (Å²) in [6, 6.07) is 0. The molecule has 5 heteroatoms. The molecule has 0 unspecified atom stereocenters. The maximum absolute atomic E-state index is 10.6. The molecule has 0 aliphatic carbocycles. The fraction of sp³-hybridized carbons (Fsp3) is 0. The van der Waals surface area contributed by atoms with Gasteiger partial charge in [0.15, 0.2) is 0 Å². The molecular weight excluding hydrogens is 158 g/mol. The van der Waals surface area contributed by atoms with Gasteiger partial charge in [0, 0.05) is 6.20 Å². The average Bonchev–Trinajstić information content (AvgIpc) is 2.47. The molecule has 5 nitrogen and oxygen atoms in total. The highest BCUT2D eigenvalue weighted by Crippen LogP contribution is 2.20. The van der Waals surface area contributed by atoms with Crippen LogP contribution in [-0.2, 0) is 0 Å². The number of carboxylic acids is 1. The van der Waals surface area contributed by atoms with Gasteiger partial charge < -0.3 is 10.1 Å². The summed E-state index contributed by atoms with van der Waals surface area (Å²) in [4.78, 5) is 21.0. The molecule has 0 fully saturated rings. The molecule has 0 saturated carbocycles. The van der Waals surface area contributed by atoms with Gasteiger partial charge in [-0.2, -0.15) is 0 Å². The molecule has 0 bridgehead atoms. The van der Waals surface area contributed by atoms with E-state index in [0.29, 0.717) is 11.4 Å². The number of aromatic nitrogens is 3. The first-order valence-corrected chi connectivity index (χ1v) is 3.29. The molecule has 12 heavy (non-hydrogen) atoms. The van der Waals surface area contributed by atoms with E-state index in [1.807, 2.05) is 0 Å². The van der Waals surface area contributed by atoms with E-state index < -0.39 is 5.97 Å². The predicted molar refractivity (Wildman–Crippen MR) is 40.0 cm³/mol. The van der Waals surface area contributed by atoms with Crippen molar-refractivity contribution in [1.29, 1.82) is 0 Å². The lowest BCUT2D eigenvalue weighted by atomic mass is 10.2. The minimum atomic E-state index is -0.986. The fourth-order valence-electron chi connectivity index (χ4n) is 1.02. The summed E-state index contributed by atoms with van der Waals surface area (Å²) >= 11 is 0. The van der Waals surface area contributed by atoms with Crippen LogP contribution in [-0.4, -0.2) is 26.0 Å². The van der Waals surface area contributed by atoms with Crippen LogP contribution in [0.3, 0.4) is 0 Å². The quantitative estimate of drug-likeness (QED) is 0.645. The Bertz CT molecular complexity index is 396. The summed E-state index contributed by atoms with van der Waals surface area (Å²) in [6.45, 7) is 0. The first-order valence-electron chi connectivity index (χ1n) is 3.29. The number of fused-ring (bicyclic) bond motifs is 1. The maximum Gasteiger partial charge on any atom is 0.339 e. The Balaban J connectivity index is 2.67. The van der Waals surface area contributed by atoms with E-state index in [-0.39, 0.29) is 5.56 Å². The number of hydrogen-bond acceptors (Lipinski definition) is 3. The molecule has 0 spiro atoms. The lowest BCUT2D eigenvalue weighted by Gasteiger charge is -1.95. The van der Waals surface area contributed by atoms with Gasteiger partial charge in [-0.25, -0.2) is 9.78 Å². The largest absolute Gasteiger partial charge is 0.478 e. The lowest BCUT2D eigenvalue weighted by molar-refractivity contribution is 0.0697. The Morgan fingerprint density at radius 1 is 1.50 bits per heavy atom. The van der Waals surface area contributed by atoms with Gasteiger partial charge in [0.1, 0.15) is 11.3 Å². The zero-order chi connectivity index (χ0) is 8.55. The van der Waals surface area contributed by atoms with E-state index in [4.69, 9.17) is 5.11 Å². The zero-order valence-corrected chi connectivity index (χ0v) is 5.98. The smallest absolute Gasteiger partial charge is 0.339 e. The number of aromatic amines is 1. The predicted octanol–water partition coefficient (Wildman–Crippen LogP) is 0.608. The summed E-state index contributed by atoms with van der Waals surface area (Å²) in [7, 11) is 0. The molecule has 0 aromatic carbocycles. The summed E-state index contributed by atoms with van der Waals surface area (Å²) in [6.07, 6.45) is 4.25. The van der Waals surface area contributed by atoms with Crippen LogP contribution in [0.2, 0.25) is 0 Å². The monoisotopic (exact) mass is 163 g/mol. The van der Waals surface area contributed by atoms with Crippen LogP contribution in [0, 0.1) is 0 Å². The van der Waals surface area contributed by atoms with Gasteiger partial charge in [0.2, 0.25) is 0 Å². The SMILES string of the molecule is O=C(O)c1cnc2cnc[nH]c1-2. The van der Waals surface area contributed by atoms with Crippen molar-refractivity contribution in [2.45, 2.75) is 0 Å². The van der Waals surface area contributed by atoms with Gasteiger partial charge in [0.25, 0.3) is 0 Å². The Morgan fingerprint density at radius 3 is 3.08 bits per heavy atom. The molecule has 60 valence electrons. The second-order valence-electron chi connectivity index (χ2n) is 2.29. The molecule has 0 atom stereocenters. The lowest BCUT2D eigenvalue weighted by Crippen LogP contribution is -1.97. The number of nitrogens with one attached hydrogen (secondary N) is 1. The Morgan fingerprint density at radius 2 is 2.33 bits per heavy atom. The van der Waals surface area contributed by atoms with Crippen molar-refractivity contribution < 1.29 is 9.90 Å². The van der Waals surface area contributed by atoms with E-state index in [1.54, 1.807) is 0 Å². The minimum Gasteiger partial charge on any atom is -0.478 e. The molecule has 2 heterocycles. The van der Waals surface area contributed by atoms with Gasteiger partial charge in [-0.3, -0.25) is 4.98 Å². The topological polar surface area (TPSA) is 78.9 Å². The van der Waals surface area contributed by atoms with Crippen molar-refractivity contribution in [3.63, 3.8) is 0 Å². The standard InChI is InChI=1S/C7H5N3O2/c11-7(12)4-1-9-5-2-8-3-10-6(4)5/h1-3H,(H,8,10)(H,11,12). The second-order valence-corrected chi connectivity index (χ2v) is 2.29. The maximum atomic E-state index is 10.6. The van der Waals surface area contributed by atoms with Crippen molar-refractivity contribution >= 4 is 5.97 Å². The number of carbonyl (C=O) groups is 1. The fourth-order valence-corrected chi connectivity index (χ4v) is 1.02. The summed E-state index contributed by atoms with van der Waals surface area (Å²) in [5, 5.41) is 8.69. The molecule has 2 aliphatic rings. The minimum absolute atomic E-state index is 0.174. The number of H-pyrrole nitrogens is 1. The van der Waals surface area contributed by atoms with Crippen molar-refractivity contribution in [1.82, 2.24) is 15.0 Å². The normalized spacial score (nSPS) is 10.3. The molecule has 2 N–H and O–H groups in total. The van der Waals surface area contributed by atoms with E-state index in [2.05, 4.69) is 15.0 Å². The highest BCUT2D eigenvalue weighted by Gasteiger charge is 2.16. The highest BCUT2D eigenvalue weighted by atomic mass is 16.4. The van der Waals surface area contributed by atoms with Crippen LogP contribution in [0.5, 0.6) is 0 Å². The summed E-state index contributed by atoms with van der Waals surface area (Å²) in [5.41, 5.74) is 1.25. The third-order valence-corrected chi connectivity index (χ3v) is 1.57. The van der Waals surface area contributed by atoms with E-state index in [9.17, 15) is 4.79 Å². The number of hydrogen-bond donors (Lipinski definition) is 2. The zero-order valence-electron chi connectivity index (χ0n) is 5.98. The first kappa shape index (κ1) is 6.78. The number of aromatic carboxylic acids is 1. The van der Waals surface area contributed by atoms with Gasteiger partial charge in [0.05, 0.1) is 18.2 Å². The van der Waals surface area contributed by atoms with Crippen molar-refractivity contribution in [3.05, 3.63) is 24.3 Å². The van der Waals surface area contributed by atoms with E-state index in [1.165, 1.54) is 18.7 Å². The van der Waals surface area contributed by atoms with Crippen molar-refractivity contribution in [2.24, 2.45) is 0 Å². The highest BCUT2D eigenvalue weighted by molar-refractivity contribution is 5.94. The van der Waals surface area contributed by atoms with Crippen LogP contribution < -0.4 is 0 Å². The molecule has 0 aromatic rings. The van der Waals surface area contributed by atoms with Crippen LogP contribution >= 0.6 is 0 Å². The van der Waals surface area contributed by atoms with Crippen molar-refractivity contribution in [3.8, 4) is 11.4 Å². The van der Waals surface area contributed by atoms with E-state index >= 15 is 0 Å². The van der Waals surface area contributed by atoms with Gasteiger partial charge in [-0.15, -0.1) is 0 Å². The molecule has 2 aliphatic heterocycles. The van der Waals surface area contributed by atoms with Crippen LogP contribution in [0.15, 0.2) is 18.7 Å². The average molecular weight is 163 g/mol. The Kier molecular flexibility index (Phi) is 1.30. The van der Waals surface area contributed by atoms with Crippen LogP contribution in [0.4, 0.5) is 0 Å². The van der Waals surface area contributed by atoms with Gasteiger partial charge >= 0.3 is 5.97 Å². The van der Waals surface area contributed by atoms with E-state index in [0.717, 1.165) is 0 Å². The number of carboxylic acid groups (broad SMARTS) is 1. The Hall–Kier alpha value is -1.91. The number of nitrogens with zero attached hydrogens (tertiary/aromatic N) is 2. The van der Waals surface area contributed by atoms with Crippen LogP contribution in [0.1, 0.15) is 10.4 Å². The second kappa shape index (κ2) is 2.30. The van der Waals surface area contributed by atoms with Crippen LogP contribution in [0.25, 0.3) is 11.4 Å². The van der Waals surface area contributed by atoms with Gasteiger partial charge in [-0.1, -0.05) is 0 Å². The Labute approximate surface area is 67.4 Å².